The molecule has 1 amide bonds. The lowest BCUT2D eigenvalue weighted by Crippen LogP contribution is -2.44. The number of amides is 1. The predicted octanol–water partition coefficient (Wildman–Crippen LogP) is 2.57. The minimum atomic E-state index is -0.153. The van der Waals surface area contributed by atoms with Crippen LogP contribution in [0.4, 0.5) is 5.95 Å². The number of nitrogens with zero attached hydrogens (tertiary/aromatic N) is 2. The molecule has 4 atom stereocenters. The molecule has 2 N–H and O–H groups in total. The minimum absolute atomic E-state index is 0.0209. The Bertz CT molecular complexity index is 825. The second-order valence-corrected chi connectivity index (χ2v) is 8.64. The van der Waals surface area contributed by atoms with E-state index in [2.05, 4.69) is 15.6 Å². The average Bonchev–Trinajstić information content (AvgIpc) is 3.50. The number of thiophene rings is 1. The smallest absolute Gasteiger partial charge is 0.261 e. The van der Waals surface area contributed by atoms with Gasteiger partial charge in [-0.3, -0.25) is 4.79 Å². The van der Waals surface area contributed by atoms with Crippen LogP contribution in [0.25, 0.3) is 0 Å². The summed E-state index contributed by atoms with van der Waals surface area (Å²) < 4.78 is 11.9. The number of aromatic nitrogens is 2. The number of hydrogen-bond donors (Lipinski definition) is 2. The van der Waals surface area contributed by atoms with E-state index >= 15 is 0 Å². The molecule has 0 aromatic carbocycles. The molecule has 2 aromatic heterocycles. The monoisotopic (exact) mass is 400 g/mol. The Hall–Kier alpha value is -2.03. The maximum absolute atomic E-state index is 12.3. The Balaban J connectivity index is 1.22. The van der Waals surface area contributed by atoms with Crippen LogP contribution >= 0.6 is 11.3 Å². The molecule has 28 heavy (non-hydrogen) atoms. The van der Waals surface area contributed by atoms with Crippen molar-refractivity contribution in [2.24, 2.45) is 0 Å². The number of hydrogen-bond acceptors (Lipinski definition) is 7. The van der Waals surface area contributed by atoms with E-state index in [1.165, 1.54) is 37.0 Å². The summed E-state index contributed by atoms with van der Waals surface area (Å²) in [7, 11) is 0. The summed E-state index contributed by atoms with van der Waals surface area (Å²) in [6, 6.07) is 5.56. The highest BCUT2D eigenvalue weighted by Crippen LogP contribution is 2.33. The van der Waals surface area contributed by atoms with Crippen LogP contribution in [0.1, 0.15) is 47.0 Å². The van der Waals surface area contributed by atoms with Crippen LogP contribution in [-0.2, 0) is 9.47 Å². The van der Waals surface area contributed by atoms with E-state index in [0.717, 1.165) is 5.69 Å². The number of carbonyl (C=O) groups is 1. The van der Waals surface area contributed by atoms with Crippen LogP contribution in [0.5, 0.6) is 0 Å². The minimum Gasteiger partial charge on any atom is -0.371 e. The molecule has 4 heterocycles. The van der Waals surface area contributed by atoms with Gasteiger partial charge >= 0.3 is 0 Å². The fourth-order valence-electron chi connectivity index (χ4n) is 4.45. The third-order valence-corrected chi connectivity index (χ3v) is 6.75. The second-order valence-electron chi connectivity index (χ2n) is 7.69. The van der Waals surface area contributed by atoms with Crippen LogP contribution in [0, 0.1) is 0 Å². The van der Waals surface area contributed by atoms with Gasteiger partial charge in [0.05, 0.1) is 30.2 Å². The fourth-order valence-corrected chi connectivity index (χ4v) is 5.08. The third-order valence-electron chi connectivity index (χ3n) is 5.88. The van der Waals surface area contributed by atoms with Gasteiger partial charge in [0, 0.05) is 17.8 Å². The van der Waals surface area contributed by atoms with Crippen molar-refractivity contribution in [2.75, 3.05) is 18.5 Å². The van der Waals surface area contributed by atoms with Crippen LogP contribution in [-0.4, -0.2) is 53.4 Å². The van der Waals surface area contributed by atoms with Crippen LogP contribution in [0.2, 0.25) is 0 Å². The molecule has 2 aromatic rings. The lowest BCUT2D eigenvalue weighted by Gasteiger charge is -2.18. The van der Waals surface area contributed by atoms with Crippen LogP contribution < -0.4 is 10.6 Å². The Labute approximate surface area is 167 Å². The van der Waals surface area contributed by atoms with Crippen LogP contribution in [0.3, 0.4) is 0 Å². The number of rotatable bonds is 5. The van der Waals surface area contributed by atoms with Crippen molar-refractivity contribution in [1.82, 2.24) is 15.3 Å². The number of fused-ring (bicyclic) bond motifs is 1. The molecule has 5 rings (SSSR count). The highest BCUT2D eigenvalue weighted by atomic mass is 32.1. The molecule has 1 aliphatic carbocycles. The summed E-state index contributed by atoms with van der Waals surface area (Å²) in [5.41, 5.74) is 1.12. The van der Waals surface area contributed by atoms with Gasteiger partial charge in [-0.05, 0) is 30.4 Å². The quantitative estimate of drug-likeness (QED) is 0.802. The van der Waals surface area contributed by atoms with Gasteiger partial charge in [-0.15, -0.1) is 11.3 Å². The van der Waals surface area contributed by atoms with Crippen molar-refractivity contribution >= 4 is 23.2 Å². The van der Waals surface area contributed by atoms with Crippen molar-refractivity contribution < 1.29 is 14.3 Å². The molecule has 3 aliphatic rings. The predicted molar refractivity (Wildman–Crippen MR) is 106 cm³/mol. The average molecular weight is 401 g/mol. The van der Waals surface area contributed by atoms with Gasteiger partial charge in [0.2, 0.25) is 5.95 Å². The van der Waals surface area contributed by atoms with Crippen molar-refractivity contribution in [3.05, 3.63) is 40.3 Å². The standard InChI is InChI=1S/C20H24N4O3S/c25-19(16-6-3-9-28-16)22-14-10-26-18-15(11-27-17(14)18)24-20-21-8-7-13(23-20)12-4-1-2-5-12/h3,6-9,12,14-15,17-18H,1-2,4-5,10-11H2,(H,22,25)(H,21,23,24). The molecule has 1 saturated carbocycles. The largest absolute Gasteiger partial charge is 0.371 e. The number of nitrogens with one attached hydrogen (secondary N) is 2. The lowest BCUT2D eigenvalue weighted by molar-refractivity contribution is 0.0652. The summed E-state index contributed by atoms with van der Waals surface area (Å²) in [6.07, 6.45) is 6.54. The van der Waals surface area contributed by atoms with Gasteiger partial charge in [-0.2, -0.15) is 0 Å². The SMILES string of the molecule is O=C(NC1COC2C(Nc3nccc(C4CCCC4)n3)COC12)c1cccs1. The topological polar surface area (TPSA) is 85.4 Å². The normalized spacial score (nSPS) is 29.7. The summed E-state index contributed by atoms with van der Waals surface area (Å²) in [5, 5.41) is 8.34. The third kappa shape index (κ3) is 3.52. The van der Waals surface area contributed by atoms with Crippen LogP contribution in [0.15, 0.2) is 29.8 Å². The molecule has 7 nitrogen and oxygen atoms in total. The van der Waals surface area contributed by atoms with Gasteiger partial charge in [0.25, 0.3) is 5.91 Å². The van der Waals surface area contributed by atoms with Gasteiger partial charge in [-0.25, -0.2) is 9.97 Å². The molecule has 2 aliphatic heterocycles. The zero-order chi connectivity index (χ0) is 18.9. The Morgan fingerprint density at radius 3 is 2.68 bits per heavy atom. The molecular weight excluding hydrogens is 376 g/mol. The number of anilines is 1. The van der Waals surface area contributed by atoms with Crippen molar-refractivity contribution in [3.63, 3.8) is 0 Å². The molecule has 0 bridgehead atoms. The van der Waals surface area contributed by atoms with E-state index in [1.54, 1.807) is 0 Å². The summed E-state index contributed by atoms with van der Waals surface area (Å²) in [6.45, 7) is 0.964. The van der Waals surface area contributed by atoms with E-state index in [0.29, 0.717) is 30.0 Å². The van der Waals surface area contributed by atoms with Gasteiger partial charge < -0.3 is 20.1 Å². The fraction of sp³-hybridized carbons (Fsp3) is 0.550. The first-order chi connectivity index (χ1) is 13.8. The first-order valence-corrected chi connectivity index (χ1v) is 10.8. The zero-order valence-corrected chi connectivity index (χ0v) is 16.4. The molecule has 0 spiro atoms. The van der Waals surface area contributed by atoms with Crippen molar-refractivity contribution in [2.45, 2.75) is 55.9 Å². The summed E-state index contributed by atoms with van der Waals surface area (Å²) in [4.78, 5) is 22.2. The van der Waals surface area contributed by atoms with Gasteiger partial charge in [0.15, 0.2) is 0 Å². The first kappa shape index (κ1) is 18.0. The first-order valence-electron chi connectivity index (χ1n) is 9.95. The van der Waals surface area contributed by atoms with E-state index in [9.17, 15) is 4.79 Å². The highest BCUT2D eigenvalue weighted by molar-refractivity contribution is 7.12. The Kier molecular flexibility index (Phi) is 5.00. The summed E-state index contributed by atoms with van der Waals surface area (Å²) in [5.74, 6) is 1.11. The molecule has 4 unspecified atom stereocenters. The Morgan fingerprint density at radius 2 is 1.89 bits per heavy atom. The second kappa shape index (κ2) is 7.77. The highest BCUT2D eigenvalue weighted by Gasteiger charge is 2.48. The van der Waals surface area contributed by atoms with E-state index in [1.807, 2.05) is 29.8 Å². The summed E-state index contributed by atoms with van der Waals surface area (Å²) >= 11 is 1.43. The molecule has 0 radical (unpaired) electrons. The van der Waals surface area contributed by atoms with Gasteiger partial charge in [-0.1, -0.05) is 18.9 Å². The lowest BCUT2D eigenvalue weighted by atomic mass is 10.0. The van der Waals surface area contributed by atoms with E-state index < -0.39 is 0 Å². The molecule has 148 valence electrons. The van der Waals surface area contributed by atoms with Gasteiger partial charge in [0.1, 0.15) is 12.2 Å². The maximum Gasteiger partial charge on any atom is 0.261 e. The molecule has 2 saturated heterocycles. The van der Waals surface area contributed by atoms with Crippen molar-refractivity contribution in [1.29, 1.82) is 0 Å². The number of carbonyl (C=O) groups excluding carboxylic acids is 1. The Morgan fingerprint density at radius 1 is 1.11 bits per heavy atom. The molecule has 3 fully saturated rings. The molecule has 8 heteroatoms. The van der Waals surface area contributed by atoms with E-state index in [4.69, 9.17) is 14.5 Å². The maximum atomic E-state index is 12.3. The number of ether oxygens (including phenoxy) is 2. The van der Waals surface area contributed by atoms with E-state index in [-0.39, 0.29) is 30.2 Å². The zero-order valence-electron chi connectivity index (χ0n) is 15.5. The van der Waals surface area contributed by atoms with Crippen molar-refractivity contribution in [3.8, 4) is 0 Å². The molecular formula is C20H24N4O3S.